The van der Waals surface area contributed by atoms with E-state index in [1.54, 1.807) is 19.1 Å². The Hall–Kier alpha value is -3.69. The van der Waals surface area contributed by atoms with E-state index < -0.39 is 17.6 Å². The number of carbonyl (C=O) groups excluding carboxylic acids is 1. The van der Waals surface area contributed by atoms with E-state index in [1.807, 2.05) is 13.8 Å². The fraction of sp³-hybridized carbons (Fsp3) is 0.304. The molecule has 3 heterocycles. The summed E-state index contributed by atoms with van der Waals surface area (Å²) in [6.07, 6.45) is 3.38. The molecule has 0 N–H and O–H groups in total. The van der Waals surface area contributed by atoms with Crippen LogP contribution in [0.15, 0.2) is 53.8 Å². The van der Waals surface area contributed by atoms with Crippen LogP contribution >= 0.6 is 0 Å². The number of ether oxygens (including phenoxy) is 1. The molecule has 0 spiro atoms. The van der Waals surface area contributed by atoms with Gasteiger partial charge in [-0.2, -0.15) is 13.8 Å². The number of alkyl halides is 2. The third kappa shape index (κ3) is 4.89. The van der Waals surface area contributed by atoms with Crippen LogP contribution in [0.1, 0.15) is 42.6 Å². The number of halogens is 3. The van der Waals surface area contributed by atoms with Gasteiger partial charge < -0.3 is 14.2 Å². The number of aromatic nitrogens is 3. The van der Waals surface area contributed by atoms with Crippen molar-refractivity contribution in [2.75, 3.05) is 6.61 Å². The van der Waals surface area contributed by atoms with Gasteiger partial charge in [-0.15, -0.1) is 0 Å². The van der Waals surface area contributed by atoms with E-state index in [9.17, 15) is 18.0 Å². The number of hydrogen-bond acceptors (Lipinski definition) is 6. The summed E-state index contributed by atoms with van der Waals surface area (Å²) in [7, 11) is 0. The number of nitrogens with zero attached hydrogens (tertiary/aromatic N) is 4. The Balaban J connectivity index is 0.00000149. The van der Waals surface area contributed by atoms with Crippen molar-refractivity contribution in [3.63, 3.8) is 0 Å². The first-order chi connectivity index (χ1) is 15.8. The topological polar surface area (TPSA) is 81.4 Å². The van der Waals surface area contributed by atoms with Crippen LogP contribution in [-0.2, 0) is 12.5 Å². The Morgan fingerprint density at radius 2 is 1.97 bits per heavy atom. The second-order valence-electron chi connectivity index (χ2n) is 7.01. The predicted molar refractivity (Wildman–Crippen MR) is 114 cm³/mol. The van der Waals surface area contributed by atoms with Gasteiger partial charge >= 0.3 is 11.8 Å². The molecule has 1 amide bonds. The minimum absolute atomic E-state index is 0.0319. The molecule has 1 aliphatic heterocycles. The first-order valence-corrected chi connectivity index (χ1v) is 10.3. The number of amides is 1. The summed E-state index contributed by atoms with van der Waals surface area (Å²) in [5, 5.41) is 3.51. The van der Waals surface area contributed by atoms with Crippen LogP contribution in [0.3, 0.4) is 0 Å². The number of fused-ring (bicyclic) bond motifs is 1. The average molecular weight is 460 g/mol. The lowest BCUT2D eigenvalue weighted by Gasteiger charge is -2.26. The van der Waals surface area contributed by atoms with Crippen LogP contribution in [0.5, 0.6) is 5.75 Å². The zero-order valence-electron chi connectivity index (χ0n) is 18.4. The molecule has 0 saturated carbocycles. The second-order valence-corrected chi connectivity index (χ2v) is 7.01. The van der Waals surface area contributed by atoms with Gasteiger partial charge in [0.1, 0.15) is 18.2 Å². The molecule has 10 heteroatoms. The van der Waals surface area contributed by atoms with Crippen LogP contribution in [0.25, 0.3) is 11.4 Å². The number of benzene rings is 1. The summed E-state index contributed by atoms with van der Waals surface area (Å²) in [4.78, 5) is 21.9. The van der Waals surface area contributed by atoms with Crippen LogP contribution in [-0.4, -0.2) is 38.6 Å². The highest BCUT2D eigenvalue weighted by Crippen LogP contribution is 2.34. The van der Waals surface area contributed by atoms with Crippen molar-refractivity contribution >= 4 is 5.91 Å². The van der Waals surface area contributed by atoms with Gasteiger partial charge in [-0.05, 0) is 37.3 Å². The second kappa shape index (κ2) is 9.85. The van der Waals surface area contributed by atoms with Crippen molar-refractivity contribution in [1.29, 1.82) is 0 Å². The molecule has 174 valence electrons. The van der Waals surface area contributed by atoms with E-state index >= 15 is 0 Å². The number of rotatable bonds is 4. The third-order valence-electron chi connectivity index (χ3n) is 4.91. The predicted octanol–water partition coefficient (Wildman–Crippen LogP) is 5.00. The van der Waals surface area contributed by atoms with E-state index in [0.717, 1.165) is 6.07 Å². The monoisotopic (exact) mass is 460 g/mol. The minimum Gasteiger partial charge on any atom is -0.491 e. The quantitative estimate of drug-likeness (QED) is 0.510. The van der Waals surface area contributed by atoms with Crippen molar-refractivity contribution in [2.24, 2.45) is 0 Å². The van der Waals surface area contributed by atoms with Gasteiger partial charge in [0.2, 0.25) is 5.82 Å². The first-order valence-electron chi connectivity index (χ1n) is 10.3. The SMILES string of the molecule is C=CC(F)(F)c1nc(-c2cc(F)c3c(c2)OC[C@H](C)N(C(=O)c2ccncc2)C3)no1.CC. The van der Waals surface area contributed by atoms with Gasteiger partial charge in [0.15, 0.2) is 0 Å². The summed E-state index contributed by atoms with van der Waals surface area (Å²) in [6.45, 7) is 8.89. The molecule has 0 saturated heterocycles. The largest absolute Gasteiger partial charge is 0.491 e. The maximum Gasteiger partial charge on any atom is 0.343 e. The van der Waals surface area contributed by atoms with Crippen molar-refractivity contribution in [3.05, 3.63) is 72.1 Å². The smallest absolute Gasteiger partial charge is 0.343 e. The summed E-state index contributed by atoms with van der Waals surface area (Å²) in [6, 6.07) is 5.33. The molecule has 33 heavy (non-hydrogen) atoms. The summed E-state index contributed by atoms with van der Waals surface area (Å²) in [5.74, 6) is -5.47. The molecule has 4 rings (SSSR count). The average Bonchev–Trinajstić information content (AvgIpc) is 3.28. The van der Waals surface area contributed by atoms with Gasteiger partial charge in [-0.3, -0.25) is 9.78 Å². The molecule has 0 bridgehead atoms. The third-order valence-corrected chi connectivity index (χ3v) is 4.91. The Morgan fingerprint density at radius 1 is 1.27 bits per heavy atom. The fourth-order valence-corrected chi connectivity index (χ4v) is 3.14. The first kappa shape index (κ1) is 24.0. The normalized spacial score (nSPS) is 15.5. The lowest BCUT2D eigenvalue weighted by Crippen LogP contribution is -2.40. The Labute approximate surface area is 188 Å². The minimum atomic E-state index is -3.50. The van der Waals surface area contributed by atoms with Gasteiger partial charge in [-0.25, -0.2) is 4.39 Å². The molecule has 0 unspecified atom stereocenters. The number of allylic oxidation sites excluding steroid dienone is 1. The number of carbonyl (C=O) groups is 1. The van der Waals surface area contributed by atoms with Crippen molar-refractivity contribution in [1.82, 2.24) is 20.0 Å². The maximum atomic E-state index is 15.0. The summed E-state index contributed by atoms with van der Waals surface area (Å²) >= 11 is 0. The molecule has 3 aromatic rings. The molecule has 0 fully saturated rings. The van der Waals surface area contributed by atoms with Crippen LogP contribution in [0.2, 0.25) is 0 Å². The number of hydrogen-bond donors (Lipinski definition) is 0. The maximum absolute atomic E-state index is 15.0. The molecule has 0 aliphatic carbocycles. The lowest BCUT2D eigenvalue weighted by molar-refractivity contribution is 0.0163. The molecule has 0 radical (unpaired) electrons. The Bertz CT molecular complexity index is 1140. The van der Waals surface area contributed by atoms with E-state index in [4.69, 9.17) is 4.74 Å². The molecule has 7 nitrogen and oxygen atoms in total. The van der Waals surface area contributed by atoms with Crippen LogP contribution in [0, 0.1) is 5.82 Å². The standard InChI is InChI=1S/C21H17F3N4O3.C2H6/c1-3-21(23,24)20-26-18(27-31-20)14-8-16(22)15-10-28(12(2)11-30-17(15)9-14)19(29)13-4-6-25-7-5-13;1-2/h3-9,12H,1,10-11H2,2H3;1-2H3/t12-;/m0./s1. The molecule has 2 aromatic heterocycles. The summed E-state index contributed by atoms with van der Waals surface area (Å²) < 4.78 is 52.6. The van der Waals surface area contributed by atoms with E-state index in [0.29, 0.717) is 11.6 Å². The zero-order chi connectivity index (χ0) is 24.2. The van der Waals surface area contributed by atoms with Gasteiger partial charge in [0.25, 0.3) is 5.91 Å². The molecular weight excluding hydrogens is 437 g/mol. The Morgan fingerprint density at radius 3 is 2.64 bits per heavy atom. The van der Waals surface area contributed by atoms with Crippen molar-refractivity contribution in [3.8, 4) is 17.1 Å². The van der Waals surface area contributed by atoms with E-state index in [-0.39, 0.29) is 47.8 Å². The lowest BCUT2D eigenvalue weighted by atomic mass is 10.1. The van der Waals surface area contributed by atoms with Gasteiger partial charge in [0.05, 0.1) is 12.6 Å². The molecule has 1 aliphatic rings. The molecular formula is C23H23F3N4O3. The summed E-state index contributed by atoms with van der Waals surface area (Å²) in [5.41, 5.74) is 0.688. The van der Waals surface area contributed by atoms with Crippen molar-refractivity contribution < 1.29 is 27.2 Å². The Kier molecular flexibility index (Phi) is 7.15. The van der Waals surface area contributed by atoms with Gasteiger partial charge in [-0.1, -0.05) is 25.6 Å². The highest BCUT2D eigenvalue weighted by atomic mass is 19.3. The molecule has 1 aromatic carbocycles. The van der Waals surface area contributed by atoms with Crippen LogP contribution < -0.4 is 4.74 Å². The van der Waals surface area contributed by atoms with Gasteiger partial charge in [0, 0.05) is 29.1 Å². The van der Waals surface area contributed by atoms with E-state index in [2.05, 4.69) is 26.2 Å². The molecule has 1 atom stereocenters. The fourth-order valence-electron chi connectivity index (χ4n) is 3.14. The zero-order valence-corrected chi connectivity index (χ0v) is 18.4. The highest BCUT2D eigenvalue weighted by molar-refractivity contribution is 5.94. The highest BCUT2D eigenvalue weighted by Gasteiger charge is 2.35. The van der Waals surface area contributed by atoms with E-state index in [1.165, 1.54) is 23.4 Å². The van der Waals surface area contributed by atoms with Crippen molar-refractivity contribution in [2.45, 2.75) is 39.3 Å². The van der Waals surface area contributed by atoms with Crippen LogP contribution in [0.4, 0.5) is 13.2 Å². The number of pyridine rings is 1.